The first kappa shape index (κ1) is 12.1. The molecule has 0 radical (unpaired) electrons. The zero-order valence-corrected chi connectivity index (χ0v) is 11.2. The van der Waals surface area contributed by atoms with Crippen LogP contribution in [0.4, 0.5) is 0 Å². The van der Waals surface area contributed by atoms with Crippen LogP contribution >= 0.6 is 0 Å². The zero-order valence-electron chi connectivity index (χ0n) is 11.2. The molecule has 1 N–H and O–H groups in total. The Kier molecular flexibility index (Phi) is 3.62. The van der Waals surface area contributed by atoms with Gasteiger partial charge in [-0.3, -0.25) is 9.88 Å². The third-order valence-corrected chi connectivity index (χ3v) is 4.55. The molecule has 2 aliphatic rings. The van der Waals surface area contributed by atoms with Gasteiger partial charge in [-0.05, 0) is 49.9 Å². The minimum Gasteiger partial charge on any atom is -0.308 e. The lowest BCUT2D eigenvalue weighted by Crippen LogP contribution is -2.44. The van der Waals surface area contributed by atoms with Crippen LogP contribution in [0.25, 0.3) is 0 Å². The topological polar surface area (TPSA) is 28.2 Å². The number of nitrogens with zero attached hydrogens (tertiary/aromatic N) is 2. The Labute approximate surface area is 110 Å². The first-order valence-corrected chi connectivity index (χ1v) is 7.21. The van der Waals surface area contributed by atoms with Gasteiger partial charge in [0.2, 0.25) is 0 Å². The number of hydrogen-bond acceptors (Lipinski definition) is 3. The number of fused-ring (bicyclic) bond motifs is 1. The number of hydrogen-bond donors (Lipinski definition) is 1. The zero-order chi connectivity index (χ0) is 12.4. The minimum absolute atomic E-state index is 0.692. The van der Waals surface area contributed by atoms with Crippen molar-refractivity contribution >= 4 is 0 Å². The van der Waals surface area contributed by atoms with Crippen molar-refractivity contribution in [1.29, 1.82) is 0 Å². The van der Waals surface area contributed by atoms with Crippen LogP contribution < -0.4 is 5.32 Å². The molecule has 2 fully saturated rings. The van der Waals surface area contributed by atoms with Crippen LogP contribution in [0.2, 0.25) is 0 Å². The van der Waals surface area contributed by atoms with E-state index in [1.807, 2.05) is 12.4 Å². The van der Waals surface area contributed by atoms with E-state index in [0.29, 0.717) is 6.04 Å². The van der Waals surface area contributed by atoms with Crippen LogP contribution in [0, 0.1) is 6.92 Å². The third kappa shape index (κ3) is 2.43. The van der Waals surface area contributed by atoms with E-state index in [4.69, 9.17) is 0 Å². The van der Waals surface area contributed by atoms with Crippen molar-refractivity contribution < 1.29 is 0 Å². The molecule has 1 aromatic rings. The van der Waals surface area contributed by atoms with Crippen molar-refractivity contribution in [3.8, 4) is 0 Å². The molecular formula is C15H23N3. The summed E-state index contributed by atoms with van der Waals surface area (Å²) in [6.07, 6.45) is 9.35. The largest absolute Gasteiger partial charge is 0.308 e. The lowest BCUT2D eigenvalue weighted by Gasteiger charge is -2.32. The fourth-order valence-electron chi connectivity index (χ4n) is 3.43. The van der Waals surface area contributed by atoms with Gasteiger partial charge in [-0.15, -0.1) is 0 Å². The van der Waals surface area contributed by atoms with E-state index in [2.05, 4.69) is 28.2 Å². The van der Waals surface area contributed by atoms with Gasteiger partial charge in [0, 0.05) is 37.6 Å². The average molecular weight is 245 g/mol. The fourth-order valence-corrected chi connectivity index (χ4v) is 3.43. The van der Waals surface area contributed by atoms with Crippen LogP contribution in [0.3, 0.4) is 0 Å². The highest BCUT2D eigenvalue weighted by Gasteiger charge is 2.34. The van der Waals surface area contributed by atoms with Gasteiger partial charge in [-0.1, -0.05) is 6.42 Å². The predicted molar refractivity (Wildman–Crippen MR) is 73.4 cm³/mol. The molecule has 0 amide bonds. The molecular weight excluding hydrogens is 222 g/mol. The van der Waals surface area contributed by atoms with Crippen LogP contribution in [-0.2, 0) is 6.54 Å². The lowest BCUT2D eigenvalue weighted by atomic mass is 9.99. The summed E-state index contributed by atoms with van der Waals surface area (Å²) >= 11 is 0. The molecule has 0 saturated carbocycles. The van der Waals surface area contributed by atoms with Gasteiger partial charge in [0.25, 0.3) is 0 Å². The first-order valence-electron chi connectivity index (χ1n) is 7.21. The Balaban J connectivity index is 1.59. The van der Waals surface area contributed by atoms with Gasteiger partial charge >= 0.3 is 0 Å². The van der Waals surface area contributed by atoms with Crippen LogP contribution in [-0.4, -0.2) is 35.1 Å². The van der Waals surface area contributed by atoms with Crippen LogP contribution in [0.15, 0.2) is 18.5 Å². The molecule has 2 atom stereocenters. The first-order chi connectivity index (χ1) is 8.84. The number of nitrogens with one attached hydrogen (secondary N) is 1. The Bertz CT molecular complexity index is 404. The van der Waals surface area contributed by atoms with Crippen molar-refractivity contribution in [1.82, 2.24) is 15.2 Å². The van der Waals surface area contributed by atoms with E-state index < -0.39 is 0 Å². The Morgan fingerprint density at radius 2 is 2.28 bits per heavy atom. The van der Waals surface area contributed by atoms with E-state index in [-0.39, 0.29) is 0 Å². The van der Waals surface area contributed by atoms with E-state index >= 15 is 0 Å². The molecule has 98 valence electrons. The summed E-state index contributed by atoms with van der Waals surface area (Å²) in [4.78, 5) is 6.84. The maximum Gasteiger partial charge on any atom is 0.0300 e. The second kappa shape index (κ2) is 5.37. The summed E-state index contributed by atoms with van der Waals surface area (Å²) in [5.74, 6) is 0. The van der Waals surface area contributed by atoms with Crippen molar-refractivity contribution in [2.75, 3.05) is 13.1 Å². The van der Waals surface area contributed by atoms with Gasteiger partial charge in [-0.2, -0.15) is 0 Å². The molecule has 3 heteroatoms. The second-order valence-corrected chi connectivity index (χ2v) is 5.68. The Morgan fingerprint density at radius 3 is 3.17 bits per heavy atom. The SMILES string of the molecule is Cc1cnccc1CNC1CCN2CCCCC12. The average Bonchev–Trinajstić information content (AvgIpc) is 2.81. The molecule has 2 aliphatic heterocycles. The van der Waals surface area contributed by atoms with Crippen LogP contribution in [0.5, 0.6) is 0 Å². The molecule has 2 saturated heterocycles. The van der Waals surface area contributed by atoms with Crippen molar-refractivity contribution in [3.05, 3.63) is 29.6 Å². The summed E-state index contributed by atoms with van der Waals surface area (Å²) in [5, 5.41) is 3.77. The number of aryl methyl sites for hydroxylation is 1. The van der Waals surface area contributed by atoms with Gasteiger partial charge in [0.05, 0.1) is 0 Å². The standard InChI is InChI=1S/C15H23N3/c1-12-10-16-7-5-13(12)11-17-14-6-9-18-8-3-2-4-15(14)18/h5,7,10,14-15,17H,2-4,6,8-9,11H2,1H3. The number of pyridine rings is 1. The predicted octanol–water partition coefficient (Wildman–Crippen LogP) is 2.11. The molecule has 1 aromatic heterocycles. The smallest absolute Gasteiger partial charge is 0.0300 e. The fraction of sp³-hybridized carbons (Fsp3) is 0.667. The van der Waals surface area contributed by atoms with Crippen molar-refractivity contribution in [2.45, 2.75) is 51.2 Å². The quantitative estimate of drug-likeness (QED) is 0.884. The molecule has 3 nitrogen and oxygen atoms in total. The van der Waals surface area contributed by atoms with Crippen LogP contribution in [0.1, 0.15) is 36.8 Å². The van der Waals surface area contributed by atoms with Gasteiger partial charge in [-0.25, -0.2) is 0 Å². The monoisotopic (exact) mass is 245 g/mol. The summed E-state index contributed by atoms with van der Waals surface area (Å²) in [5.41, 5.74) is 2.68. The van der Waals surface area contributed by atoms with Gasteiger partial charge in [0.1, 0.15) is 0 Å². The van der Waals surface area contributed by atoms with Crippen molar-refractivity contribution in [3.63, 3.8) is 0 Å². The second-order valence-electron chi connectivity index (χ2n) is 5.68. The Morgan fingerprint density at radius 1 is 1.33 bits per heavy atom. The summed E-state index contributed by atoms with van der Waals surface area (Å²) in [6, 6.07) is 3.62. The number of aromatic nitrogens is 1. The number of rotatable bonds is 3. The van der Waals surface area contributed by atoms with Gasteiger partial charge in [0.15, 0.2) is 0 Å². The molecule has 3 heterocycles. The highest BCUT2D eigenvalue weighted by atomic mass is 15.2. The van der Waals surface area contributed by atoms with Gasteiger partial charge < -0.3 is 5.32 Å². The molecule has 0 spiro atoms. The third-order valence-electron chi connectivity index (χ3n) is 4.55. The molecule has 0 bridgehead atoms. The van der Waals surface area contributed by atoms with E-state index in [9.17, 15) is 0 Å². The summed E-state index contributed by atoms with van der Waals surface area (Å²) in [6.45, 7) is 5.74. The minimum atomic E-state index is 0.692. The normalized spacial score (nSPS) is 28.3. The summed E-state index contributed by atoms with van der Waals surface area (Å²) in [7, 11) is 0. The van der Waals surface area contributed by atoms with Crippen molar-refractivity contribution in [2.24, 2.45) is 0 Å². The maximum absolute atomic E-state index is 4.15. The lowest BCUT2D eigenvalue weighted by molar-refractivity contribution is 0.180. The molecule has 0 aliphatic carbocycles. The number of piperidine rings is 1. The summed E-state index contributed by atoms with van der Waals surface area (Å²) < 4.78 is 0. The molecule has 2 unspecified atom stereocenters. The molecule has 0 aromatic carbocycles. The van der Waals surface area contributed by atoms with E-state index in [1.165, 1.54) is 49.9 Å². The van der Waals surface area contributed by atoms with E-state index in [0.717, 1.165) is 12.6 Å². The van der Waals surface area contributed by atoms with E-state index in [1.54, 1.807) is 0 Å². The Hall–Kier alpha value is -0.930. The highest BCUT2D eigenvalue weighted by Crippen LogP contribution is 2.27. The highest BCUT2D eigenvalue weighted by molar-refractivity contribution is 5.21. The maximum atomic E-state index is 4.15. The molecule has 18 heavy (non-hydrogen) atoms. The molecule has 3 rings (SSSR count).